The van der Waals surface area contributed by atoms with E-state index in [1.54, 1.807) is 55.5 Å². The molecule has 0 saturated carbocycles. The number of para-hydroxylation sites is 1. The van der Waals surface area contributed by atoms with E-state index in [9.17, 15) is 18.0 Å². The topological polar surface area (TPSA) is 86.8 Å². The van der Waals surface area contributed by atoms with Gasteiger partial charge in [-0.2, -0.15) is 0 Å². The normalized spacial score (nSPS) is 11.9. The molecule has 0 saturated heterocycles. The number of carbonyl (C=O) groups is 2. The van der Waals surface area contributed by atoms with Gasteiger partial charge in [0.1, 0.15) is 12.6 Å². The van der Waals surface area contributed by atoms with Gasteiger partial charge in [0, 0.05) is 29.6 Å². The van der Waals surface area contributed by atoms with Crippen LogP contribution in [0.4, 0.5) is 5.69 Å². The van der Waals surface area contributed by atoms with Gasteiger partial charge in [0.2, 0.25) is 11.8 Å². The number of halogens is 2. The van der Waals surface area contributed by atoms with Gasteiger partial charge >= 0.3 is 0 Å². The predicted molar refractivity (Wildman–Crippen MR) is 176 cm³/mol. The fourth-order valence-corrected chi connectivity index (χ4v) is 6.62. The maximum absolute atomic E-state index is 14.5. The van der Waals surface area contributed by atoms with Gasteiger partial charge in [-0.25, -0.2) is 8.42 Å². The molecule has 2 amide bonds. The van der Waals surface area contributed by atoms with Gasteiger partial charge in [0.25, 0.3) is 10.0 Å². The molecule has 44 heavy (non-hydrogen) atoms. The second kappa shape index (κ2) is 15.2. The Balaban J connectivity index is 1.81. The molecule has 230 valence electrons. The minimum atomic E-state index is -4.22. The number of hydrogen-bond acceptors (Lipinski definition) is 4. The fraction of sp³-hybridized carbons (Fsp3) is 0.235. The van der Waals surface area contributed by atoms with Gasteiger partial charge < -0.3 is 10.2 Å². The molecule has 0 heterocycles. The summed E-state index contributed by atoms with van der Waals surface area (Å²) in [5.74, 6) is -0.891. The molecule has 0 aliphatic rings. The van der Waals surface area contributed by atoms with E-state index in [0.717, 1.165) is 9.87 Å². The second-order valence-corrected chi connectivity index (χ2v) is 13.1. The van der Waals surface area contributed by atoms with Crippen molar-refractivity contribution < 1.29 is 18.0 Å². The summed E-state index contributed by atoms with van der Waals surface area (Å²) in [6.07, 6.45) is 0.934. The summed E-state index contributed by atoms with van der Waals surface area (Å²) in [5, 5.41) is 3.75. The molecule has 0 spiro atoms. The van der Waals surface area contributed by atoms with Gasteiger partial charge in [-0.1, -0.05) is 96.9 Å². The van der Waals surface area contributed by atoms with Crippen LogP contribution in [0.15, 0.2) is 108 Å². The Morgan fingerprint density at radius 1 is 0.841 bits per heavy atom. The molecule has 1 N–H and O–H groups in total. The van der Waals surface area contributed by atoms with Crippen molar-refractivity contribution in [3.05, 3.63) is 130 Å². The lowest BCUT2D eigenvalue weighted by Gasteiger charge is -2.34. The van der Waals surface area contributed by atoms with Crippen molar-refractivity contribution in [3.8, 4) is 0 Å². The quantitative estimate of drug-likeness (QED) is 0.175. The Morgan fingerprint density at radius 2 is 1.48 bits per heavy atom. The van der Waals surface area contributed by atoms with Crippen LogP contribution >= 0.6 is 23.2 Å². The highest BCUT2D eigenvalue weighted by atomic mass is 35.5. The average molecular weight is 653 g/mol. The summed E-state index contributed by atoms with van der Waals surface area (Å²) in [6.45, 7) is 3.60. The molecule has 0 aliphatic carbocycles. The summed E-state index contributed by atoms with van der Waals surface area (Å²) in [4.78, 5) is 29.6. The van der Waals surface area contributed by atoms with Gasteiger partial charge in [-0.15, -0.1) is 0 Å². The number of amides is 2. The van der Waals surface area contributed by atoms with Gasteiger partial charge in [-0.05, 0) is 66.4 Å². The van der Waals surface area contributed by atoms with E-state index in [1.165, 1.54) is 29.2 Å². The Kier molecular flexibility index (Phi) is 11.4. The molecule has 0 fully saturated rings. The number of carbonyl (C=O) groups excluding carboxylic acids is 2. The Morgan fingerprint density at radius 3 is 2.14 bits per heavy atom. The largest absolute Gasteiger partial charge is 0.354 e. The highest BCUT2D eigenvalue weighted by molar-refractivity contribution is 7.92. The first kappa shape index (κ1) is 33.1. The minimum absolute atomic E-state index is 0.00183. The third-order valence-corrected chi connectivity index (χ3v) is 9.58. The number of rotatable bonds is 13. The molecule has 4 aromatic carbocycles. The average Bonchev–Trinajstić information content (AvgIpc) is 3.02. The van der Waals surface area contributed by atoms with Crippen molar-refractivity contribution in [1.29, 1.82) is 0 Å². The Bertz CT molecular complexity index is 1680. The van der Waals surface area contributed by atoms with Crippen LogP contribution in [0.3, 0.4) is 0 Å². The molecule has 0 aliphatic heterocycles. The molecular formula is C34H35Cl2N3O4S. The fourth-order valence-electron chi connectivity index (χ4n) is 4.82. The van der Waals surface area contributed by atoms with E-state index in [1.807, 2.05) is 37.3 Å². The van der Waals surface area contributed by atoms with Gasteiger partial charge in [0.05, 0.1) is 10.6 Å². The van der Waals surface area contributed by atoms with E-state index in [0.29, 0.717) is 39.8 Å². The van der Waals surface area contributed by atoms with Crippen LogP contribution in [0.25, 0.3) is 0 Å². The lowest BCUT2D eigenvalue weighted by atomic mass is 10.0. The van der Waals surface area contributed by atoms with Crippen molar-refractivity contribution in [2.45, 2.75) is 44.2 Å². The summed E-state index contributed by atoms with van der Waals surface area (Å²) < 4.78 is 29.3. The molecular weight excluding hydrogens is 617 g/mol. The van der Waals surface area contributed by atoms with Gasteiger partial charge in [-0.3, -0.25) is 13.9 Å². The zero-order valence-electron chi connectivity index (χ0n) is 24.6. The van der Waals surface area contributed by atoms with Crippen LogP contribution in [-0.2, 0) is 32.6 Å². The monoisotopic (exact) mass is 651 g/mol. The lowest BCUT2D eigenvalue weighted by molar-refractivity contribution is -0.140. The maximum atomic E-state index is 14.5. The molecule has 4 rings (SSSR count). The smallest absolute Gasteiger partial charge is 0.264 e. The first-order chi connectivity index (χ1) is 21.1. The molecule has 0 aromatic heterocycles. The Hall–Kier alpha value is -3.85. The highest BCUT2D eigenvalue weighted by Gasteiger charge is 2.35. The van der Waals surface area contributed by atoms with E-state index in [-0.39, 0.29) is 23.8 Å². The standard InChI is InChI=1S/C34H35Cl2N3O4S/c1-3-21-37-34(41)32(22-26-12-5-4-6-13-26)38(23-27-14-8-9-15-30(27)36)33(40)24-39(31-16-10-7-11-25(31)2)44(42,43)29-19-17-28(35)18-20-29/h4-20,32H,3,21-24H2,1-2H3,(H,37,41). The molecule has 1 atom stereocenters. The highest BCUT2D eigenvalue weighted by Crippen LogP contribution is 2.29. The van der Waals surface area contributed by atoms with Crippen LogP contribution in [0, 0.1) is 6.92 Å². The zero-order chi connectivity index (χ0) is 31.7. The lowest BCUT2D eigenvalue weighted by Crippen LogP contribution is -2.53. The maximum Gasteiger partial charge on any atom is 0.264 e. The van der Waals surface area contributed by atoms with Crippen LogP contribution in [0.1, 0.15) is 30.0 Å². The summed E-state index contributed by atoms with van der Waals surface area (Å²) in [6, 6.07) is 28.3. The van der Waals surface area contributed by atoms with Crippen LogP contribution < -0.4 is 9.62 Å². The SMILES string of the molecule is CCCNC(=O)C(Cc1ccccc1)N(Cc1ccccc1Cl)C(=O)CN(c1ccccc1C)S(=O)(=O)c1ccc(Cl)cc1. The van der Waals surface area contributed by atoms with Crippen LogP contribution in [0.2, 0.25) is 10.0 Å². The molecule has 4 aromatic rings. The van der Waals surface area contributed by atoms with Crippen LogP contribution in [0.5, 0.6) is 0 Å². The number of anilines is 1. The van der Waals surface area contributed by atoms with Crippen molar-refractivity contribution in [2.75, 3.05) is 17.4 Å². The third kappa shape index (κ3) is 8.20. The van der Waals surface area contributed by atoms with Crippen molar-refractivity contribution in [1.82, 2.24) is 10.2 Å². The van der Waals surface area contributed by atoms with E-state index in [4.69, 9.17) is 23.2 Å². The molecule has 0 radical (unpaired) electrons. The van der Waals surface area contributed by atoms with Gasteiger partial charge in [0.15, 0.2) is 0 Å². The first-order valence-electron chi connectivity index (χ1n) is 14.3. The molecule has 10 heteroatoms. The van der Waals surface area contributed by atoms with Crippen molar-refractivity contribution >= 4 is 50.7 Å². The van der Waals surface area contributed by atoms with E-state index < -0.39 is 28.5 Å². The molecule has 0 bridgehead atoms. The zero-order valence-corrected chi connectivity index (χ0v) is 26.9. The number of aryl methyl sites for hydroxylation is 1. The summed E-state index contributed by atoms with van der Waals surface area (Å²) in [5.41, 5.74) is 2.50. The number of sulfonamides is 1. The van der Waals surface area contributed by atoms with Crippen LogP contribution in [-0.4, -0.2) is 44.3 Å². The van der Waals surface area contributed by atoms with E-state index in [2.05, 4.69) is 5.32 Å². The molecule has 1 unspecified atom stereocenters. The van der Waals surface area contributed by atoms with Crippen molar-refractivity contribution in [3.63, 3.8) is 0 Å². The first-order valence-corrected chi connectivity index (χ1v) is 16.5. The summed E-state index contributed by atoms with van der Waals surface area (Å²) in [7, 11) is -4.22. The minimum Gasteiger partial charge on any atom is -0.354 e. The van der Waals surface area contributed by atoms with Crippen molar-refractivity contribution in [2.24, 2.45) is 0 Å². The van der Waals surface area contributed by atoms with E-state index >= 15 is 0 Å². The second-order valence-electron chi connectivity index (χ2n) is 10.4. The molecule has 7 nitrogen and oxygen atoms in total. The number of hydrogen-bond donors (Lipinski definition) is 1. The Labute approximate surface area is 269 Å². The third-order valence-electron chi connectivity index (χ3n) is 7.18. The predicted octanol–water partition coefficient (Wildman–Crippen LogP) is 6.66. The number of nitrogens with one attached hydrogen (secondary N) is 1. The summed E-state index contributed by atoms with van der Waals surface area (Å²) >= 11 is 12.6. The number of nitrogens with zero attached hydrogens (tertiary/aromatic N) is 2. The number of benzene rings is 4.